The van der Waals surface area contributed by atoms with Gasteiger partial charge in [-0.3, -0.25) is 4.90 Å². The van der Waals surface area contributed by atoms with E-state index in [4.69, 9.17) is 0 Å². The molecule has 5 atom stereocenters. The molecule has 0 amide bonds. The van der Waals surface area contributed by atoms with Crippen LogP contribution in [0.25, 0.3) is 0 Å². The molecule has 4 aliphatic heterocycles. The van der Waals surface area contributed by atoms with Crippen molar-refractivity contribution in [2.75, 3.05) is 45.8 Å². The van der Waals surface area contributed by atoms with E-state index in [0.29, 0.717) is 5.54 Å². The molecule has 144 valence electrons. The van der Waals surface area contributed by atoms with Crippen molar-refractivity contribution in [1.29, 1.82) is 0 Å². The Kier molecular flexibility index (Phi) is 5.43. The van der Waals surface area contributed by atoms with E-state index < -0.39 is 0 Å². The fourth-order valence-electron chi connectivity index (χ4n) is 6.18. The highest BCUT2D eigenvalue weighted by Crippen LogP contribution is 2.37. The van der Waals surface area contributed by atoms with Gasteiger partial charge in [0.25, 0.3) is 0 Å². The van der Waals surface area contributed by atoms with Crippen molar-refractivity contribution in [3.63, 3.8) is 0 Å². The van der Waals surface area contributed by atoms with E-state index in [1.54, 1.807) is 0 Å². The van der Waals surface area contributed by atoms with Crippen LogP contribution in [0.15, 0.2) is 0 Å². The third-order valence-electron chi connectivity index (χ3n) is 8.01. The highest BCUT2D eigenvalue weighted by atomic mass is 15.3. The van der Waals surface area contributed by atoms with Gasteiger partial charge < -0.3 is 15.5 Å². The number of fused-ring (bicyclic) bond motifs is 2. The van der Waals surface area contributed by atoms with E-state index in [1.165, 1.54) is 77.9 Å². The van der Waals surface area contributed by atoms with E-state index in [0.717, 1.165) is 29.8 Å². The minimum absolute atomic E-state index is 0.348. The molecule has 0 aliphatic carbocycles. The maximum atomic E-state index is 3.64. The first-order valence-corrected chi connectivity index (χ1v) is 11.0. The number of rotatable bonds is 5. The zero-order chi connectivity index (χ0) is 17.4. The monoisotopic (exact) mass is 348 g/mol. The Morgan fingerprint density at radius 3 is 2.48 bits per heavy atom. The molecule has 2 N–H and O–H groups in total. The van der Waals surface area contributed by atoms with Crippen LogP contribution in [0.2, 0.25) is 0 Å². The fraction of sp³-hybridized carbons (Fsp3) is 1.00. The maximum Gasteiger partial charge on any atom is 0.0255 e. The number of hydrogen-bond acceptors (Lipinski definition) is 4. The van der Waals surface area contributed by atoms with Gasteiger partial charge in [-0.25, -0.2) is 0 Å². The highest BCUT2D eigenvalue weighted by molar-refractivity contribution is 4.99. The number of likely N-dealkylation sites (tertiary alicyclic amines) is 2. The summed E-state index contributed by atoms with van der Waals surface area (Å²) in [4.78, 5) is 5.65. The molecule has 0 aromatic carbocycles. The number of nitrogens with one attached hydrogen (secondary N) is 2. The molecule has 4 heteroatoms. The molecular formula is C21H40N4. The second-order valence-corrected chi connectivity index (χ2v) is 9.97. The van der Waals surface area contributed by atoms with Gasteiger partial charge in [0.2, 0.25) is 0 Å². The zero-order valence-corrected chi connectivity index (χ0v) is 16.8. The Morgan fingerprint density at radius 2 is 1.68 bits per heavy atom. The highest BCUT2D eigenvalue weighted by Gasteiger charge is 2.43. The van der Waals surface area contributed by atoms with Gasteiger partial charge in [-0.2, -0.15) is 0 Å². The van der Waals surface area contributed by atoms with Gasteiger partial charge in [-0.1, -0.05) is 0 Å². The van der Waals surface area contributed by atoms with Crippen molar-refractivity contribution < 1.29 is 0 Å². The molecule has 4 rings (SSSR count). The predicted molar refractivity (Wildman–Crippen MR) is 105 cm³/mol. The van der Waals surface area contributed by atoms with Crippen LogP contribution in [-0.4, -0.2) is 73.2 Å². The topological polar surface area (TPSA) is 30.5 Å². The second-order valence-electron chi connectivity index (χ2n) is 9.97. The Bertz CT molecular complexity index is 437. The van der Waals surface area contributed by atoms with Gasteiger partial charge in [-0.15, -0.1) is 0 Å². The molecule has 4 aliphatic rings. The summed E-state index contributed by atoms with van der Waals surface area (Å²) in [6, 6.07) is 1.53. The van der Waals surface area contributed by atoms with E-state index >= 15 is 0 Å². The molecule has 0 aromatic heterocycles. The van der Waals surface area contributed by atoms with Gasteiger partial charge >= 0.3 is 0 Å². The van der Waals surface area contributed by atoms with Crippen LogP contribution in [0.3, 0.4) is 0 Å². The van der Waals surface area contributed by atoms with Gasteiger partial charge in [0.05, 0.1) is 0 Å². The lowest BCUT2D eigenvalue weighted by Gasteiger charge is -2.43. The van der Waals surface area contributed by atoms with Crippen molar-refractivity contribution in [1.82, 2.24) is 20.4 Å². The average Bonchev–Trinajstić information content (AvgIpc) is 3.24. The Balaban J connectivity index is 1.29. The summed E-state index contributed by atoms with van der Waals surface area (Å²) in [7, 11) is 0. The zero-order valence-electron chi connectivity index (χ0n) is 16.8. The minimum atomic E-state index is 0.348. The number of nitrogens with zero attached hydrogens (tertiary/aromatic N) is 2. The van der Waals surface area contributed by atoms with Crippen LogP contribution in [0, 0.1) is 17.8 Å². The van der Waals surface area contributed by atoms with Crippen molar-refractivity contribution in [2.45, 2.75) is 70.5 Å². The third-order valence-corrected chi connectivity index (χ3v) is 8.01. The molecule has 4 nitrogen and oxygen atoms in total. The Morgan fingerprint density at radius 1 is 0.960 bits per heavy atom. The van der Waals surface area contributed by atoms with Crippen LogP contribution in [0.1, 0.15) is 52.9 Å². The molecule has 0 saturated carbocycles. The van der Waals surface area contributed by atoms with E-state index in [1.807, 2.05) is 0 Å². The number of piperidine rings is 2. The summed E-state index contributed by atoms with van der Waals surface area (Å²) in [5.74, 6) is 2.83. The van der Waals surface area contributed by atoms with Gasteiger partial charge in [0, 0.05) is 37.3 Å². The van der Waals surface area contributed by atoms with Crippen LogP contribution < -0.4 is 10.6 Å². The fourth-order valence-corrected chi connectivity index (χ4v) is 6.18. The lowest BCUT2D eigenvalue weighted by Crippen LogP contribution is -2.54. The van der Waals surface area contributed by atoms with Crippen LogP contribution in [0.5, 0.6) is 0 Å². The quantitative estimate of drug-likeness (QED) is 0.797. The van der Waals surface area contributed by atoms with Crippen molar-refractivity contribution >= 4 is 0 Å². The summed E-state index contributed by atoms with van der Waals surface area (Å²) >= 11 is 0. The van der Waals surface area contributed by atoms with Crippen molar-refractivity contribution in [3.05, 3.63) is 0 Å². The molecule has 5 unspecified atom stereocenters. The smallest absolute Gasteiger partial charge is 0.0255 e. The summed E-state index contributed by atoms with van der Waals surface area (Å²) in [5, 5.41) is 7.24. The average molecular weight is 349 g/mol. The summed E-state index contributed by atoms with van der Waals surface area (Å²) in [6.07, 6.45) is 6.89. The third kappa shape index (κ3) is 3.78. The van der Waals surface area contributed by atoms with Crippen LogP contribution in [0.4, 0.5) is 0 Å². The van der Waals surface area contributed by atoms with E-state index in [2.05, 4.69) is 41.2 Å². The molecule has 0 radical (unpaired) electrons. The lowest BCUT2D eigenvalue weighted by atomic mass is 9.89. The maximum absolute atomic E-state index is 3.64. The molecule has 4 saturated heterocycles. The molecule has 0 spiro atoms. The number of hydrogen-bond donors (Lipinski definition) is 2. The molecule has 25 heavy (non-hydrogen) atoms. The summed E-state index contributed by atoms with van der Waals surface area (Å²) in [6.45, 7) is 16.4. The van der Waals surface area contributed by atoms with Gasteiger partial charge in [-0.05, 0) is 96.8 Å². The summed E-state index contributed by atoms with van der Waals surface area (Å²) in [5.41, 5.74) is 0.348. The molecule has 4 fully saturated rings. The lowest BCUT2D eigenvalue weighted by molar-refractivity contribution is 0.0663. The minimum Gasteiger partial charge on any atom is -0.316 e. The van der Waals surface area contributed by atoms with Gasteiger partial charge in [0.1, 0.15) is 0 Å². The first kappa shape index (κ1) is 18.2. The second kappa shape index (κ2) is 7.46. The molecule has 0 aromatic rings. The normalized spacial score (nSPS) is 38.5. The van der Waals surface area contributed by atoms with Gasteiger partial charge in [0.15, 0.2) is 0 Å². The SMILES string of the molecule is CC(CCC(C)(C)N1CCC2CCNCC21)N1CC2CCNCC2C1. The van der Waals surface area contributed by atoms with Crippen molar-refractivity contribution in [3.8, 4) is 0 Å². The Labute approximate surface area is 155 Å². The molecular weight excluding hydrogens is 308 g/mol. The van der Waals surface area contributed by atoms with Crippen molar-refractivity contribution in [2.24, 2.45) is 17.8 Å². The molecule has 0 bridgehead atoms. The van der Waals surface area contributed by atoms with E-state index in [-0.39, 0.29) is 0 Å². The largest absolute Gasteiger partial charge is 0.316 e. The standard InChI is InChI=1S/C21H40N4/c1-16(24-14-18-6-10-22-12-19(18)15-24)4-8-21(2,3)25-11-7-17-5-9-23-13-20(17)25/h16-20,22-23H,4-15H2,1-3H3. The first-order chi connectivity index (χ1) is 12.0. The molecule has 4 heterocycles. The van der Waals surface area contributed by atoms with Crippen LogP contribution in [-0.2, 0) is 0 Å². The Hall–Kier alpha value is -0.160. The predicted octanol–water partition coefficient (Wildman–Crippen LogP) is 2.16. The summed E-state index contributed by atoms with van der Waals surface area (Å²) < 4.78 is 0. The van der Waals surface area contributed by atoms with Crippen LogP contribution >= 0.6 is 0 Å². The first-order valence-electron chi connectivity index (χ1n) is 11.0. The van der Waals surface area contributed by atoms with E-state index in [9.17, 15) is 0 Å².